The highest BCUT2D eigenvalue weighted by Gasteiger charge is 2.69. The van der Waals surface area contributed by atoms with E-state index in [0.29, 0.717) is 25.2 Å². The lowest BCUT2D eigenvalue weighted by molar-refractivity contribution is -0.180. The molecule has 0 unspecified atom stereocenters. The van der Waals surface area contributed by atoms with Crippen LogP contribution in [0.4, 0.5) is 4.79 Å². The number of rotatable bonds is 4. The van der Waals surface area contributed by atoms with Gasteiger partial charge in [-0.3, -0.25) is 15.0 Å². The molecule has 2 bridgehead atoms. The zero-order chi connectivity index (χ0) is 22.0. The number of fused-ring (bicyclic) bond motifs is 1. The summed E-state index contributed by atoms with van der Waals surface area (Å²) in [5, 5.41) is 17.7. The van der Waals surface area contributed by atoms with Crippen LogP contribution in [-0.4, -0.2) is 59.3 Å². The molecule has 7 nitrogen and oxygen atoms in total. The van der Waals surface area contributed by atoms with Crippen LogP contribution < -0.4 is 15.4 Å². The molecule has 4 aliphatic rings. The van der Waals surface area contributed by atoms with Crippen molar-refractivity contribution in [2.45, 2.75) is 75.0 Å². The van der Waals surface area contributed by atoms with Gasteiger partial charge in [-0.15, -0.1) is 0 Å². The van der Waals surface area contributed by atoms with Crippen molar-refractivity contribution < 1.29 is 19.4 Å². The first-order valence-electron chi connectivity index (χ1n) is 11.5. The third-order valence-corrected chi connectivity index (χ3v) is 8.44. The van der Waals surface area contributed by atoms with E-state index < -0.39 is 22.6 Å². The highest BCUT2D eigenvalue weighted by atomic mass is 16.5. The van der Waals surface area contributed by atoms with Crippen LogP contribution >= 0.6 is 0 Å². The van der Waals surface area contributed by atoms with Crippen LogP contribution in [-0.2, 0) is 16.6 Å². The number of urea groups is 1. The van der Waals surface area contributed by atoms with Gasteiger partial charge >= 0.3 is 6.03 Å². The summed E-state index contributed by atoms with van der Waals surface area (Å²) in [7, 11) is 1.65. The van der Waals surface area contributed by atoms with Crippen molar-refractivity contribution in [1.82, 2.24) is 15.5 Å². The number of carbonyl (C=O) groups excluding carboxylic acids is 2. The normalized spacial score (nSPS) is 36.7. The summed E-state index contributed by atoms with van der Waals surface area (Å²) in [6, 6.07) is 5.73. The Hall–Kier alpha value is -2.12. The van der Waals surface area contributed by atoms with Crippen LogP contribution in [0.1, 0.15) is 57.1 Å². The van der Waals surface area contributed by atoms with Gasteiger partial charge in [0.15, 0.2) is 0 Å². The van der Waals surface area contributed by atoms with Crippen molar-refractivity contribution in [3.63, 3.8) is 0 Å². The van der Waals surface area contributed by atoms with Crippen LogP contribution in [0.2, 0.25) is 0 Å². The van der Waals surface area contributed by atoms with E-state index in [-0.39, 0.29) is 11.9 Å². The second-order valence-corrected chi connectivity index (χ2v) is 10.4. The number of amides is 3. The summed E-state index contributed by atoms with van der Waals surface area (Å²) in [5.41, 5.74) is -0.193. The van der Waals surface area contributed by atoms with Crippen molar-refractivity contribution >= 4 is 11.9 Å². The first-order chi connectivity index (χ1) is 14.7. The second-order valence-electron chi connectivity index (χ2n) is 10.4. The fraction of sp³-hybridized carbons (Fsp3) is 0.667. The van der Waals surface area contributed by atoms with Crippen molar-refractivity contribution in [3.05, 3.63) is 29.3 Å². The van der Waals surface area contributed by atoms with E-state index in [2.05, 4.69) is 35.4 Å². The van der Waals surface area contributed by atoms with Crippen LogP contribution in [0, 0.1) is 5.92 Å². The lowest BCUT2D eigenvalue weighted by Crippen LogP contribution is -2.76. The molecule has 168 valence electrons. The molecule has 1 spiro atoms. The Morgan fingerprint density at radius 1 is 1.26 bits per heavy atom. The Bertz CT molecular complexity index is 933. The molecule has 1 saturated carbocycles. The summed E-state index contributed by atoms with van der Waals surface area (Å²) < 4.78 is 5.53. The van der Waals surface area contributed by atoms with E-state index in [1.54, 1.807) is 7.11 Å². The molecule has 1 aromatic rings. The Labute approximate surface area is 183 Å². The minimum absolute atomic E-state index is 0.0124. The Balaban J connectivity index is 1.62. The summed E-state index contributed by atoms with van der Waals surface area (Å²) in [6.45, 7) is 6.31. The molecule has 5 rings (SSSR count). The molecule has 4 atom stereocenters. The lowest BCUT2D eigenvalue weighted by Gasteiger charge is -2.65. The molecule has 3 fully saturated rings. The maximum atomic E-state index is 12.9. The topological polar surface area (TPSA) is 90.9 Å². The maximum Gasteiger partial charge on any atom is 0.322 e. The predicted octanol–water partition coefficient (Wildman–Crippen LogP) is 2.10. The molecule has 2 aliphatic heterocycles. The fourth-order valence-corrected chi connectivity index (χ4v) is 6.78. The van der Waals surface area contributed by atoms with E-state index in [1.165, 1.54) is 5.56 Å². The summed E-state index contributed by atoms with van der Waals surface area (Å²) in [4.78, 5) is 27.4. The second kappa shape index (κ2) is 6.94. The monoisotopic (exact) mass is 427 g/mol. The van der Waals surface area contributed by atoms with Gasteiger partial charge in [0.2, 0.25) is 0 Å². The Kier molecular flexibility index (Phi) is 4.65. The number of methoxy groups -OCH3 is 1. The first-order valence-corrected chi connectivity index (χ1v) is 11.5. The number of benzene rings is 1. The van der Waals surface area contributed by atoms with E-state index in [0.717, 1.165) is 43.7 Å². The van der Waals surface area contributed by atoms with Crippen molar-refractivity contribution in [2.75, 3.05) is 20.2 Å². The van der Waals surface area contributed by atoms with Gasteiger partial charge < -0.3 is 15.2 Å². The maximum absolute atomic E-state index is 12.9. The molecular weight excluding hydrogens is 394 g/mol. The van der Waals surface area contributed by atoms with Crippen LogP contribution in [0.25, 0.3) is 0 Å². The number of likely N-dealkylation sites (tertiary alicyclic amines) is 1. The third kappa shape index (κ3) is 2.85. The number of piperidine rings is 1. The van der Waals surface area contributed by atoms with Gasteiger partial charge in [-0.2, -0.15) is 0 Å². The quantitative estimate of drug-likeness (QED) is 0.640. The fourth-order valence-electron chi connectivity index (χ4n) is 6.78. The summed E-state index contributed by atoms with van der Waals surface area (Å²) in [5.74, 6) is 1.10. The lowest BCUT2D eigenvalue weighted by atomic mass is 9.46. The highest BCUT2D eigenvalue weighted by Crippen LogP contribution is 2.60. The standard InChI is InChI=1S/C24H33N3O4/c1-15(2)6-10-27-11-9-22-14-23(20(28)25-21(29)26-23)7-8-24(22,30)19(27)12-16-4-5-17(31-3)13-18(16)22/h4-5,13,15,19,30H,6-12,14H2,1-3H3,(H2,25,26,28,29)/t19-,22-,23+,24-/m1/s1. The number of ether oxygens (including phenoxy) is 1. The summed E-state index contributed by atoms with van der Waals surface area (Å²) in [6.07, 6.45) is 4.00. The molecular formula is C24H33N3O4. The molecule has 1 aromatic carbocycles. The van der Waals surface area contributed by atoms with Gasteiger partial charge in [-0.1, -0.05) is 19.9 Å². The van der Waals surface area contributed by atoms with Crippen molar-refractivity contribution in [1.29, 1.82) is 0 Å². The Morgan fingerprint density at radius 3 is 2.74 bits per heavy atom. The number of hydrogen-bond acceptors (Lipinski definition) is 5. The van der Waals surface area contributed by atoms with Gasteiger partial charge in [0, 0.05) is 11.5 Å². The van der Waals surface area contributed by atoms with E-state index in [4.69, 9.17) is 4.74 Å². The molecule has 31 heavy (non-hydrogen) atoms. The molecule has 7 heteroatoms. The number of nitrogens with one attached hydrogen (secondary N) is 2. The van der Waals surface area contributed by atoms with Gasteiger partial charge in [0.1, 0.15) is 11.3 Å². The number of nitrogens with zero attached hydrogens (tertiary/aromatic N) is 1. The molecule has 2 heterocycles. The first kappa shape index (κ1) is 20.8. The summed E-state index contributed by atoms with van der Waals surface area (Å²) >= 11 is 0. The predicted molar refractivity (Wildman–Crippen MR) is 116 cm³/mol. The minimum atomic E-state index is -0.953. The number of imide groups is 1. The van der Waals surface area contributed by atoms with Crippen LogP contribution in [0.15, 0.2) is 18.2 Å². The van der Waals surface area contributed by atoms with E-state index in [9.17, 15) is 14.7 Å². The zero-order valence-corrected chi connectivity index (χ0v) is 18.7. The van der Waals surface area contributed by atoms with Gasteiger partial charge in [-0.25, -0.2) is 4.79 Å². The molecule has 3 amide bonds. The van der Waals surface area contributed by atoms with E-state index >= 15 is 0 Å². The Morgan fingerprint density at radius 2 is 2.06 bits per heavy atom. The van der Waals surface area contributed by atoms with Gasteiger partial charge in [0.25, 0.3) is 5.91 Å². The molecule has 2 aliphatic carbocycles. The number of carbonyl (C=O) groups is 2. The van der Waals surface area contributed by atoms with Crippen molar-refractivity contribution in [2.24, 2.45) is 5.92 Å². The third-order valence-electron chi connectivity index (χ3n) is 8.44. The average molecular weight is 428 g/mol. The number of aliphatic hydroxyl groups is 1. The zero-order valence-electron chi connectivity index (χ0n) is 18.7. The van der Waals surface area contributed by atoms with Gasteiger partial charge in [0.05, 0.1) is 12.7 Å². The molecule has 0 aromatic heterocycles. The molecule has 0 radical (unpaired) electrons. The van der Waals surface area contributed by atoms with E-state index in [1.807, 2.05) is 12.1 Å². The minimum Gasteiger partial charge on any atom is -0.497 e. The smallest absolute Gasteiger partial charge is 0.322 e. The van der Waals surface area contributed by atoms with Gasteiger partial charge in [-0.05, 0) is 80.8 Å². The largest absolute Gasteiger partial charge is 0.497 e. The van der Waals surface area contributed by atoms with Crippen LogP contribution in [0.5, 0.6) is 5.75 Å². The van der Waals surface area contributed by atoms with Crippen LogP contribution in [0.3, 0.4) is 0 Å². The molecule has 2 saturated heterocycles. The number of hydrogen-bond donors (Lipinski definition) is 3. The molecule has 3 N–H and O–H groups in total. The highest BCUT2D eigenvalue weighted by molar-refractivity contribution is 6.07. The average Bonchev–Trinajstić information content (AvgIpc) is 3.00. The SMILES string of the molecule is COc1ccc2c(c1)[C@]13CCN(CCC(C)C)[C@H](C2)[C@]1(O)CC[C@@]1(C3)NC(=O)NC1=O. The van der Waals surface area contributed by atoms with Crippen molar-refractivity contribution in [3.8, 4) is 5.75 Å².